The third-order valence-electron chi connectivity index (χ3n) is 2.76. The number of aryl methyl sites for hydroxylation is 1. The second kappa shape index (κ2) is 4.92. The molecule has 0 unspecified atom stereocenters. The summed E-state index contributed by atoms with van der Waals surface area (Å²) in [7, 11) is 0. The lowest BCUT2D eigenvalue weighted by molar-refractivity contribution is 0.232. The summed E-state index contributed by atoms with van der Waals surface area (Å²) in [5.74, 6) is 0. The number of halogens is 1. The summed E-state index contributed by atoms with van der Waals surface area (Å²) >= 11 is 5.94. The molecule has 0 spiro atoms. The van der Waals surface area contributed by atoms with Crippen molar-refractivity contribution in [2.75, 3.05) is 26.2 Å². The second-order valence-corrected chi connectivity index (χ2v) is 4.36. The summed E-state index contributed by atoms with van der Waals surface area (Å²) in [5, 5.41) is 4.07. The molecule has 0 aromatic carbocycles. The van der Waals surface area contributed by atoms with Gasteiger partial charge < -0.3 is 5.32 Å². The van der Waals surface area contributed by atoms with Crippen molar-refractivity contribution in [3.8, 4) is 0 Å². The molecule has 0 bridgehead atoms. The Morgan fingerprint density at radius 3 is 2.93 bits per heavy atom. The first-order valence-electron chi connectivity index (χ1n) is 5.30. The van der Waals surface area contributed by atoms with E-state index in [9.17, 15) is 0 Å². The van der Waals surface area contributed by atoms with Crippen LogP contribution in [0.25, 0.3) is 0 Å². The fraction of sp³-hybridized carbons (Fsp3) is 0.545. The molecule has 0 saturated carbocycles. The quantitative estimate of drug-likeness (QED) is 0.826. The maximum atomic E-state index is 5.94. The van der Waals surface area contributed by atoms with Crippen molar-refractivity contribution in [3.63, 3.8) is 0 Å². The molecular formula is C11H16ClN3. The van der Waals surface area contributed by atoms with Gasteiger partial charge in [-0.05, 0) is 18.6 Å². The van der Waals surface area contributed by atoms with Gasteiger partial charge in [0.05, 0.1) is 5.02 Å². The van der Waals surface area contributed by atoms with Gasteiger partial charge in [0.2, 0.25) is 0 Å². The van der Waals surface area contributed by atoms with Crippen LogP contribution >= 0.6 is 11.6 Å². The Hall–Kier alpha value is -0.640. The molecule has 1 aliphatic heterocycles. The van der Waals surface area contributed by atoms with E-state index in [1.54, 1.807) is 6.20 Å². The Bertz CT molecular complexity index is 335. The third kappa shape index (κ3) is 2.91. The van der Waals surface area contributed by atoms with Crippen LogP contribution in [0.4, 0.5) is 0 Å². The Morgan fingerprint density at radius 1 is 1.47 bits per heavy atom. The van der Waals surface area contributed by atoms with Crippen molar-refractivity contribution in [2.45, 2.75) is 13.5 Å². The maximum absolute atomic E-state index is 5.94. The molecule has 82 valence electrons. The van der Waals surface area contributed by atoms with Crippen LogP contribution in [0.2, 0.25) is 5.02 Å². The number of aromatic nitrogens is 1. The zero-order valence-corrected chi connectivity index (χ0v) is 9.72. The maximum Gasteiger partial charge on any atom is 0.0592 e. The molecule has 0 radical (unpaired) electrons. The first kappa shape index (κ1) is 10.9. The van der Waals surface area contributed by atoms with Gasteiger partial charge in [-0.15, -0.1) is 0 Å². The molecule has 0 amide bonds. The number of nitrogens with zero attached hydrogens (tertiary/aromatic N) is 2. The molecule has 1 saturated heterocycles. The van der Waals surface area contributed by atoms with E-state index in [0.29, 0.717) is 0 Å². The number of nitrogens with one attached hydrogen (secondary N) is 1. The lowest BCUT2D eigenvalue weighted by Crippen LogP contribution is -2.43. The first-order valence-corrected chi connectivity index (χ1v) is 5.67. The summed E-state index contributed by atoms with van der Waals surface area (Å²) in [4.78, 5) is 6.70. The van der Waals surface area contributed by atoms with Crippen molar-refractivity contribution >= 4 is 11.6 Å². The molecular weight excluding hydrogens is 210 g/mol. The van der Waals surface area contributed by atoms with Gasteiger partial charge in [0, 0.05) is 44.6 Å². The van der Waals surface area contributed by atoms with E-state index in [0.717, 1.165) is 43.4 Å². The van der Waals surface area contributed by atoms with Gasteiger partial charge in [-0.3, -0.25) is 9.88 Å². The fourth-order valence-electron chi connectivity index (χ4n) is 1.82. The van der Waals surface area contributed by atoms with E-state index in [-0.39, 0.29) is 0 Å². The van der Waals surface area contributed by atoms with Gasteiger partial charge in [0.25, 0.3) is 0 Å². The van der Waals surface area contributed by atoms with Gasteiger partial charge >= 0.3 is 0 Å². The molecule has 2 heterocycles. The smallest absolute Gasteiger partial charge is 0.0592 e. The molecule has 3 nitrogen and oxygen atoms in total. The third-order valence-corrected chi connectivity index (χ3v) is 2.97. The average molecular weight is 226 g/mol. The van der Waals surface area contributed by atoms with Crippen LogP contribution in [0.15, 0.2) is 12.3 Å². The lowest BCUT2D eigenvalue weighted by atomic mass is 10.2. The van der Waals surface area contributed by atoms with Crippen LogP contribution in [-0.2, 0) is 6.54 Å². The van der Waals surface area contributed by atoms with Crippen molar-refractivity contribution < 1.29 is 0 Å². The number of pyridine rings is 1. The summed E-state index contributed by atoms with van der Waals surface area (Å²) in [6.07, 6.45) is 1.71. The van der Waals surface area contributed by atoms with Crippen LogP contribution in [-0.4, -0.2) is 36.1 Å². The molecule has 15 heavy (non-hydrogen) atoms. The fourth-order valence-corrected chi connectivity index (χ4v) is 2.00. The molecule has 4 heteroatoms. The SMILES string of the molecule is Cc1ncc(Cl)cc1CN1CCNCC1. The summed E-state index contributed by atoms with van der Waals surface area (Å²) in [6.45, 7) is 7.35. The van der Waals surface area contributed by atoms with Gasteiger partial charge in [-0.25, -0.2) is 0 Å². The van der Waals surface area contributed by atoms with Crippen LogP contribution in [0.5, 0.6) is 0 Å². The molecule has 1 aliphatic rings. The lowest BCUT2D eigenvalue weighted by Gasteiger charge is -2.27. The van der Waals surface area contributed by atoms with Crippen LogP contribution in [0.1, 0.15) is 11.3 Å². The Kier molecular flexibility index (Phi) is 3.57. The minimum absolute atomic E-state index is 0.728. The normalized spacial score (nSPS) is 18.0. The van der Waals surface area contributed by atoms with Crippen molar-refractivity contribution in [1.29, 1.82) is 0 Å². The minimum Gasteiger partial charge on any atom is -0.314 e. The monoisotopic (exact) mass is 225 g/mol. The number of hydrogen-bond donors (Lipinski definition) is 1. The van der Waals surface area contributed by atoms with E-state index in [1.165, 1.54) is 5.56 Å². The predicted octanol–water partition coefficient (Wildman–Crippen LogP) is 1.45. The summed E-state index contributed by atoms with van der Waals surface area (Å²) < 4.78 is 0. The number of hydrogen-bond acceptors (Lipinski definition) is 3. The molecule has 0 aliphatic carbocycles. The molecule has 2 rings (SSSR count). The zero-order chi connectivity index (χ0) is 10.7. The second-order valence-electron chi connectivity index (χ2n) is 3.92. The van der Waals surface area contributed by atoms with Gasteiger partial charge in [0.15, 0.2) is 0 Å². The summed E-state index contributed by atoms with van der Waals surface area (Å²) in [6, 6.07) is 2.02. The van der Waals surface area contributed by atoms with E-state index < -0.39 is 0 Å². The van der Waals surface area contributed by atoms with Crippen molar-refractivity contribution in [3.05, 3.63) is 28.5 Å². The highest BCUT2D eigenvalue weighted by Gasteiger charge is 2.11. The standard InChI is InChI=1S/C11H16ClN3/c1-9-10(6-11(12)7-14-9)8-15-4-2-13-3-5-15/h6-7,13H,2-5,8H2,1H3. The van der Waals surface area contributed by atoms with Crippen LogP contribution in [0.3, 0.4) is 0 Å². The highest BCUT2D eigenvalue weighted by atomic mass is 35.5. The first-order chi connectivity index (χ1) is 7.25. The number of piperazine rings is 1. The molecule has 1 N–H and O–H groups in total. The Balaban J connectivity index is 2.05. The molecule has 1 aromatic rings. The largest absolute Gasteiger partial charge is 0.314 e. The Labute approximate surface area is 95.4 Å². The topological polar surface area (TPSA) is 28.2 Å². The highest BCUT2D eigenvalue weighted by molar-refractivity contribution is 6.30. The van der Waals surface area contributed by atoms with E-state index >= 15 is 0 Å². The van der Waals surface area contributed by atoms with Crippen LogP contribution in [0, 0.1) is 6.92 Å². The molecule has 1 fully saturated rings. The summed E-state index contributed by atoms with van der Waals surface area (Å²) in [5.41, 5.74) is 2.32. The van der Waals surface area contributed by atoms with Gasteiger partial charge in [-0.2, -0.15) is 0 Å². The average Bonchev–Trinajstić information content (AvgIpc) is 2.25. The van der Waals surface area contributed by atoms with E-state index in [1.807, 2.05) is 13.0 Å². The highest BCUT2D eigenvalue weighted by Crippen LogP contribution is 2.14. The van der Waals surface area contributed by atoms with Crippen LogP contribution < -0.4 is 5.32 Å². The van der Waals surface area contributed by atoms with Gasteiger partial charge in [-0.1, -0.05) is 11.6 Å². The van der Waals surface area contributed by atoms with Crippen molar-refractivity contribution in [2.24, 2.45) is 0 Å². The predicted molar refractivity (Wildman–Crippen MR) is 62.1 cm³/mol. The molecule has 0 atom stereocenters. The Morgan fingerprint density at radius 2 is 2.20 bits per heavy atom. The van der Waals surface area contributed by atoms with E-state index in [2.05, 4.69) is 15.2 Å². The van der Waals surface area contributed by atoms with E-state index in [4.69, 9.17) is 11.6 Å². The number of rotatable bonds is 2. The minimum atomic E-state index is 0.728. The zero-order valence-electron chi connectivity index (χ0n) is 8.96. The molecule has 1 aromatic heterocycles. The van der Waals surface area contributed by atoms with Gasteiger partial charge in [0.1, 0.15) is 0 Å². The van der Waals surface area contributed by atoms with Crippen molar-refractivity contribution in [1.82, 2.24) is 15.2 Å².